The van der Waals surface area contributed by atoms with E-state index < -0.39 is 35.5 Å². The third kappa shape index (κ3) is 5.55. The van der Waals surface area contributed by atoms with Crippen LogP contribution in [0, 0.1) is 0 Å². The van der Waals surface area contributed by atoms with Crippen molar-refractivity contribution in [3.05, 3.63) is 69.6 Å². The number of alkyl halides is 3. The van der Waals surface area contributed by atoms with Gasteiger partial charge in [0.15, 0.2) is 11.5 Å². The Balaban J connectivity index is 1.99. The lowest BCUT2D eigenvalue weighted by Gasteiger charge is -2.13. The fourth-order valence-electron chi connectivity index (χ4n) is 2.60. The van der Waals surface area contributed by atoms with Crippen LogP contribution in [0.2, 0.25) is 10.0 Å². The summed E-state index contributed by atoms with van der Waals surface area (Å²) in [7, 11) is 1.07. The fourth-order valence-corrected chi connectivity index (χ4v) is 2.98. The van der Waals surface area contributed by atoms with E-state index in [0.29, 0.717) is 10.7 Å². The summed E-state index contributed by atoms with van der Waals surface area (Å²) in [6.07, 6.45) is -4.59. The average molecular weight is 517 g/mol. The van der Waals surface area contributed by atoms with Gasteiger partial charge >= 0.3 is 12.3 Å². The minimum absolute atomic E-state index is 0.0613. The molecular formula is C19H13Cl2F3N6O4. The smallest absolute Gasteiger partial charge is 0.435 e. The highest BCUT2D eigenvalue weighted by atomic mass is 35.5. The summed E-state index contributed by atoms with van der Waals surface area (Å²) in [5.74, 6) is -2.19. The lowest BCUT2D eigenvalue weighted by Crippen LogP contribution is -2.41. The summed E-state index contributed by atoms with van der Waals surface area (Å²) in [5.41, 5.74) is 1.69. The molecule has 34 heavy (non-hydrogen) atoms. The molecule has 0 spiro atoms. The van der Waals surface area contributed by atoms with Crippen LogP contribution in [0.3, 0.4) is 0 Å². The number of halogens is 5. The van der Waals surface area contributed by atoms with Crippen LogP contribution in [0.15, 0.2) is 42.6 Å². The Morgan fingerprint density at radius 2 is 1.79 bits per heavy atom. The molecule has 1 aromatic carbocycles. The molecule has 15 heteroatoms. The zero-order valence-corrected chi connectivity index (χ0v) is 18.4. The van der Waals surface area contributed by atoms with Crippen LogP contribution in [-0.2, 0) is 10.9 Å². The van der Waals surface area contributed by atoms with Gasteiger partial charge in [-0.2, -0.15) is 18.3 Å². The molecule has 0 fully saturated rings. The molecule has 3 amide bonds. The van der Waals surface area contributed by atoms with Gasteiger partial charge in [-0.3, -0.25) is 15.0 Å². The number of amides is 3. The van der Waals surface area contributed by atoms with Gasteiger partial charge in [0.2, 0.25) is 0 Å². The number of hydrogen-bond donors (Lipinski definition) is 3. The van der Waals surface area contributed by atoms with Crippen LogP contribution in [0.25, 0.3) is 5.82 Å². The number of benzene rings is 1. The first-order valence-corrected chi connectivity index (χ1v) is 9.80. The van der Waals surface area contributed by atoms with E-state index in [1.165, 1.54) is 36.5 Å². The number of pyridine rings is 1. The molecule has 0 atom stereocenters. The predicted molar refractivity (Wildman–Crippen MR) is 114 cm³/mol. The summed E-state index contributed by atoms with van der Waals surface area (Å²) in [5, 5.41) is 5.80. The largest absolute Gasteiger partial charge is 0.452 e. The van der Waals surface area contributed by atoms with Gasteiger partial charge in [0, 0.05) is 17.3 Å². The highest BCUT2D eigenvalue weighted by Gasteiger charge is 2.36. The first-order valence-electron chi connectivity index (χ1n) is 9.04. The lowest BCUT2D eigenvalue weighted by atomic mass is 10.1. The van der Waals surface area contributed by atoms with E-state index in [1.807, 2.05) is 10.9 Å². The minimum Gasteiger partial charge on any atom is -0.452 e. The van der Waals surface area contributed by atoms with Gasteiger partial charge < -0.3 is 10.1 Å². The SMILES string of the molecule is COC(=O)NNC(=O)c1cc(Cl)ccc1NC(=O)c1cc(C(F)(F)F)nn1-c1ncccc1Cl. The maximum atomic E-state index is 13.3. The van der Waals surface area contributed by atoms with Crippen LogP contribution < -0.4 is 16.2 Å². The second kappa shape index (κ2) is 9.97. The van der Waals surface area contributed by atoms with E-state index in [2.05, 4.69) is 20.1 Å². The molecule has 10 nitrogen and oxygen atoms in total. The van der Waals surface area contributed by atoms with Gasteiger partial charge in [-0.15, -0.1) is 0 Å². The molecule has 0 saturated heterocycles. The number of rotatable bonds is 4. The maximum absolute atomic E-state index is 13.3. The van der Waals surface area contributed by atoms with Gasteiger partial charge in [-0.25, -0.2) is 19.9 Å². The number of anilines is 1. The van der Waals surface area contributed by atoms with E-state index >= 15 is 0 Å². The Bertz CT molecular complexity index is 1270. The molecular weight excluding hydrogens is 504 g/mol. The monoisotopic (exact) mass is 516 g/mol. The number of nitrogens with one attached hydrogen (secondary N) is 3. The topological polar surface area (TPSA) is 127 Å². The van der Waals surface area contributed by atoms with Gasteiger partial charge in [0.05, 0.1) is 23.4 Å². The molecule has 3 rings (SSSR count). The van der Waals surface area contributed by atoms with Crippen molar-refractivity contribution >= 4 is 46.8 Å². The third-order valence-corrected chi connectivity index (χ3v) is 4.64. The Morgan fingerprint density at radius 1 is 1.06 bits per heavy atom. The molecule has 3 aromatic rings. The number of aromatic nitrogens is 3. The standard InChI is InChI=1S/C19H13Cl2F3N6O4/c1-34-18(33)28-27-16(31)10-7-9(20)4-5-12(10)26-17(32)13-8-14(19(22,23)24)29-30(13)15-11(21)3-2-6-25-15/h2-8H,1H3,(H,26,32)(H,27,31)(H,28,33). The van der Waals surface area contributed by atoms with Crippen molar-refractivity contribution in [3.8, 4) is 5.82 Å². The highest BCUT2D eigenvalue weighted by Crippen LogP contribution is 2.31. The average Bonchev–Trinajstić information content (AvgIpc) is 3.24. The molecule has 0 aliphatic rings. The molecule has 0 bridgehead atoms. The number of methoxy groups -OCH3 is 1. The normalized spacial score (nSPS) is 11.0. The van der Waals surface area contributed by atoms with Gasteiger partial charge in [0.1, 0.15) is 5.69 Å². The molecule has 0 unspecified atom stereocenters. The first-order chi connectivity index (χ1) is 16.0. The Labute approximate surface area is 199 Å². The number of carbonyl (C=O) groups excluding carboxylic acids is 3. The molecule has 0 radical (unpaired) electrons. The zero-order valence-electron chi connectivity index (χ0n) is 16.9. The van der Waals surface area contributed by atoms with Gasteiger partial charge in [-0.05, 0) is 30.3 Å². The number of ether oxygens (including phenoxy) is 1. The zero-order chi connectivity index (χ0) is 25.0. The third-order valence-electron chi connectivity index (χ3n) is 4.11. The van der Waals surface area contributed by atoms with Crippen LogP contribution in [0.4, 0.5) is 23.7 Å². The van der Waals surface area contributed by atoms with E-state index in [4.69, 9.17) is 23.2 Å². The summed E-state index contributed by atoms with van der Waals surface area (Å²) < 4.78 is 44.9. The molecule has 0 aliphatic carbocycles. The number of hydrazine groups is 1. The summed E-state index contributed by atoms with van der Waals surface area (Å²) in [6.45, 7) is 0. The molecule has 178 valence electrons. The summed E-state index contributed by atoms with van der Waals surface area (Å²) >= 11 is 11.9. The summed E-state index contributed by atoms with van der Waals surface area (Å²) in [4.78, 5) is 40.5. The molecule has 2 heterocycles. The van der Waals surface area contributed by atoms with Gasteiger partial charge in [0.25, 0.3) is 11.8 Å². The molecule has 0 aliphatic heterocycles. The van der Waals surface area contributed by atoms with Crippen molar-refractivity contribution in [2.75, 3.05) is 12.4 Å². The number of hydrogen-bond acceptors (Lipinski definition) is 6. The second-order valence-electron chi connectivity index (χ2n) is 6.35. The molecule has 0 saturated carbocycles. The van der Waals surface area contributed by atoms with Crippen molar-refractivity contribution in [1.82, 2.24) is 25.6 Å². The van der Waals surface area contributed by atoms with Crippen molar-refractivity contribution < 1.29 is 32.3 Å². The molecule has 2 aromatic heterocycles. The fraction of sp³-hybridized carbons (Fsp3) is 0.105. The maximum Gasteiger partial charge on any atom is 0.435 e. The van der Waals surface area contributed by atoms with Crippen LogP contribution >= 0.6 is 23.2 Å². The number of nitrogens with zero attached hydrogens (tertiary/aromatic N) is 3. The highest BCUT2D eigenvalue weighted by molar-refractivity contribution is 6.32. The molecule has 3 N–H and O–H groups in total. The van der Waals surface area contributed by atoms with E-state index in [1.54, 1.807) is 0 Å². The van der Waals surface area contributed by atoms with Crippen LogP contribution in [0.1, 0.15) is 26.5 Å². The van der Waals surface area contributed by atoms with Crippen molar-refractivity contribution in [1.29, 1.82) is 0 Å². The second-order valence-corrected chi connectivity index (χ2v) is 7.19. The Kier molecular flexibility index (Phi) is 7.27. The van der Waals surface area contributed by atoms with E-state index in [9.17, 15) is 27.6 Å². The quantitative estimate of drug-likeness (QED) is 0.452. The van der Waals surface area contributed by atoms with Crippen molar-refractivity contribution in [3.63, 3.8) is 0 Å². The van der Waals surface area contributed by atoms with E-state index in [0.717, 1.165) is 7.11 Å². The number of carbonyl (C=O) groups is 3. The predicted octanol–water partition coefficient (Wildman–Crippen LogP) is 3.85. The van der Waals surface area contributed by atoms with Gasteiger partial charge in [-0.1, -0.05) is 23.2 Å². The van der Waals surface area contributed by atoms with Crippen molar-refractivity contribution in [2.24, 2.45) is 0 Å². The minimum atomic E-state index is -4.87. The van der Waals surface area contributed by atoms with Crippen LogP contribution in [0.5, 0.6) is 0 Å². The van der Waals surface area contributed by atoms with Crippen molar-refractivity contribution in [2.45, 2.75) is 6.18 Å². The Morgan fingerprint density at radius 3 is 2.44 bits per heavy atom. The summed E-state index contributed by atoms with van der Waals surface area (Å²) in [6, 6.07) is 7.05. The Hall–Kier alpha value is -3.84. The first kappa shape index (κ1) is 24.8. The lowest BCUT2D eigenvalue weighted by molar-refractivity contribution is -0.141. The van der Waals surface area contributed by atoms with Crippen LogP contribution in [-0.4, -0.2) is 39.8 Å². The van der Waals surface area contributed by atoms with E-state index in [-0.39, 0.29) is 27.1 Å².